The number of nitrogens with two attached hydrogens (primary N) is 1. The van der Waals surface area contributed by atoms with E-state index in [0.717, 1.165) is 55.5 Å². The third kappa shape index (κ3) is 5.57. The Morgan fingerprint density at radius 1 is 1.31 bits per heavy atom. The van der Waals surface area contributed by atoms with Gasteiger partial charge in [-0.15, -0.1) is 12.4 Å². The fourth-order valence-corrected chi connectivity index (χ4v) is 4.06. The Hall–Kier alpha value is -1.94. The lowest BCUT2D eigenvalue weighted by molar-refractivity contribution is -0.115. The van der Waals surface area contributed by atoms with Crippen LogP contribution in [0.25, 0.3) is 6.08 Å². The zero-order chi connectivity index (χ0) is 20.1. The highest BCUT2D eigenvalue weighted by Crippen LogP contribution is 2.39. The smallest absolute Gasteiger partial charge is 0.290 e. The number of amides is 2. The van der Waals surface area contributed by atoms with Crippen molar-refractivity contribution in [1.29, 1.82) is 0 Å². The number of imide groups is 1. The summed E-state index contributed by atoms with van der Waals surface area (Å²) in [5.41, 5.74) is 7.33. The lowest BCUT2D eigenvalue weighted by Gasteiger charge is -2.23. The number of nitrogens with zero attached hydrogens (tertiary/aromatic N) is 1. The van der Waals surface area contributed by atoms with Crippen LogP contribution >= 0.6 is 24.2 Å². The van der Waals surface area contributed by atoms with Gasteiger partial charge in [-0.2, -0.15) is 0 Å². The molecule has 8 nitrogen and oxygen atoms in total. The summed E-state index contributed by atoms with van der Waals surface area (Å²) in [6.45, 7) is 3.30. The van der Waals surface area contributed by atoms with Crippen molar-refractivity contribution in [2.75, 3.05) is 45.3 Å². The van der Waals surface area contributed by atoms with E-state index in [1.54, 1.807) is 20.3 Å². The van der Waals surface area contributed by atoms with Crippen LogP contribution in [0.2, 0.25) is 0 Å². The Morgan fingerprint density at radius 2 is 2.03 bits per heavy atom. The van der Waals surface area contributed by atoms with Gasteiger partial charge in [-0.1, -0.05) is 0 Å². The minimum atomic E-state index is -0.376. The predicted octanol–water partition coefficient (Wildman–Crippen LogP) is 1.97. The van der Waals surface area contributed by atoms with Gasteiger partial charge in [-0.25, -0.2) is 0 Å². The number of thioether (sulfide) groups is 1. The molecule has 10 heteroatoms. The van der Waals surface area contributed by atoms with E-state index in [0.29, 0.717) is 29.0 Å². The highest BCUT2D eigenvalue weighted by Gasteiger charge is 2.28. The number of anilines is 1. The SMILES string of the molecule is COc1cc(C=C2SC(=O)NC2=O)c(N2CCC(NCCCN)C2)cc1OC.Cl. The lowest BCUT2D eigenvalue weighted by Crippen LogP contribution is -2.34. The second-order valence-corrected chi connectivity index (χ2v) is 7.66. The summed E-state index contributed by atoms with van der Waals surface area (Å²) in [4.78, 5) is 26.1. The fourth-order valence-electron chi connectivity index (χ4n) is 3.39. The molecular formula is C19H27ClN4O4S. The average molecular weight is 443 g/mol. The maximum Gasteiger partial charge on any atom is 0.290 e. The quantitative estimate of drug-likeness (QED) is 0.414. The van der Waals surface area contributed by atoms with Crippen molar-refractivity contribution in [3.05, 3.63) is 22.6 Å². The number of carbonyl (C=O) groups excluding carboxylic acids is 2. The van der Waals surface area contributed by atoms with Crippen LogP contribution in [0.3, 0.4) is 0 Å². The molecule has 3 rings (SSSR count). The molecule has 2 aliphatic heterocycles. The number of nitrogens with one attached hydrogen (secondary N) is 2. The summed E-state index contributed by atoms with van der Waals surface area (Å²) in [5, 5.41) is 5.47. The normalized spacial score (nSPS) is 20.0. The third-order valence-electron chi connectivity index (χ3n) is 4.80. The van der Waals surface area contributed by atoms with Crippen molar-refractivity contribution in [2.45, 2.75) is 18.9 Å². The van der Waals surface area contributed by atoms with Gasteiger partial charge >= 0.3 is 0 Å². The van der Waals surface area contributed by atoms with Crippen molar-refractivity contribution < 1.29 is 19.1 Å². The molecule has 0 radical (unpaired) electrons. The zero-order valence-electron chi connectivity index (χ0n) is 16.5. The van der Waals surface area contributed by atoms with Crippen molar-refractivity contribution in [3.8, 4) is 11.5 Å². The molecule has 29 heavy (non-hydrogen) atoms. The second kappa shape index (κ2) is 10.7. The number of halogens is 1. The first kappa shape index (κ1) is 23.3. The molecule has 0 bridgehead atoms. The minimum absolute atomic E-state index is 0. The molecule has 160 valence electrons. The van der Waals surface area contributed by atoms with E-state index < -0.39 is 0 Å². The van der Waals surface area contributed by atoms with E-state index in [1.165, 1.54) is 0 Å². The van der Waals surface area contributed by atoms with E-state index in [-0.39, 0.29) is 23.6 Å². The first-order valence-electron chi connectivity index (χ1n) is 9.25. The van der Waals surface area contributed by atoms with Gasteiger partial charge in [0.25, 0.3) is 11.1 Å². The number of rotatable bonds is 8. The maximum atomic E-state index is 12.0. The van der Waals surface area contributed by atoms with E-state index in [2.05, 4.69) is 15.5 Å². The predicted molar refractivity (Wildman–Crippen MR) is 118 cm³/mol. The highest BCUT2D eigenvalue weighted by atomic mass is 35.5. The van der Waals surface area contributed by atoms with Crippen molar-refractivity contribution in [2.24, 2.45) is 5.73 Å². The van der Waals surface area contributed by atoms with Gasteiger partial charge in [0.15, 0.2) is 11.5 Å². The lowest BCUT2D eigenvalue weighted by atomic mass is 10.1. The van der Waals surface area contributed by atoms with Gasteiger partial charge in [-0.05, 0) is 49.8 Å². The first-order chi connectivity index (χ1) is 13.5. The molecule has 1 unspecified atom stereocenters. The molecule has 1 aromatic rings. The molecule has 2 amide bonds. The zero-order valence-corrected chi connectivity index (χ0v) is 18.2. The van der Waals surface area contributed by atoms with E-state index in [1.807, 2.05) is 12.1 Å². The standard InChI is InChI=1S/C19H26N4O4S.ClH/c1-26-15-8-12(9-17-18(24)22-19(25)28-17)14(10-16(15)27-2)23-7-4-13(11-23)21-6-3-5-20;/h8-10,13,21H,3-7,11,20H2,1-2H3,(H,22,24,25);1H. The molecule has 0 spiro atoms. The minimum Gasteiger partial charge on any atom is -0.493 e. The van der Waals surface area contributed by atoms with E-state index in [4.69, 9.17) is 15.2 Å². The Labute approximate surface area is 181 Å². The van der Waals surface area contributed by atoms with Gasteiger partial charge in [0.1, 0.15) is 0 Å². The molecule has 0 aliphatic carbocycles. The largest absolute Gasteiger partial charge is 0.493 e. The summed E-state index contributed by atoms with van der Waals surface area (Å²) in [5.74, 6) is 0.821. The van der Waals surface area contributed by atoms with Gasteiger partial charge < -0.3 is 25.4 Å². The van der Waals surface area contributed by atoms with Crippen molar-refractivity contribution >= 4 is 47.1 Å². The van der Waals surface area contributed by atoms with Crippen LogP contribution in [0.4, 0.5) is 10.5 Å². The number of hydrogen-bond acceptors (Lipinski definition) is 8. The second-order valence-electron chi connectivity index (χ2n) is 6.65. The molecule has 2 fully saturated rings. The van der Waals surface area contributed by atoms with E-state index in [9.17, 15) is 9.59 Å². The van der Waals surface area contributed by atoms with Crippen LogP contribution in [0.15, 0.2) is 17.0 Å². The van der Waals surface area contributed by atoms with Gasteiger partial charge in [0.2, 0.25) is 0 Å². The fraction of sp³-hybridized carbons (Fsp3) is 0.474. The van der Waals surface area contributed by atoms with Crippen LogP contribution < -0.4 is 30.7 Å². The van der Waals surface area contributed by atoms with Crippen LogP contribution in [-0.2, 0) is 4.79 Å². The molecular weight excluding hydrogens is 416 g/mol. The molecule has 2 saturated heterocycles. The number of hydrogen-bond donors (Lipinski definition) is 3. The Balaban J connectivity index is 0.00000300. The molecule has 4 N–H and O–H groups in total. The summed E-state index contributed by atoms with van der Waals surface area (Å²) < 4.78 is 10.9. The molecule has 1 aromatic carbocycles. The number of ether oxygens (including phenoxy) is 2. The molecule has 2 heterocycles. The van der Waals surface area contributed by atoms with Gasteiger partial charge in [-0.3, -0.25) is 14.9 Å². The number of methoxy groups -OCH3 is 2. The monoisotopic (exact) mass is 442 g/mol. The van der Waals surface area contributed by atoms with Gasteiger partial charge in [0.05, 0.1) is 19.1 Å². The van der Waals surface area contributed by atoms with Crippen molar-refractivity contribution in [3.63, 3.8) is 0 Å². The summed E-state index contributed by atoms with van der Waals surface area (Å²) >= 11 is 0.904. The van der Waals surface area contributed by atoms with Crippen LogP contribution in [0.5, 0.6) is 11.5 Å². The third-order valence-corrected chi connectivity index (χ3v) is 5.61. The molecule has 0 aromatic heterocycles. The van der Waals surface area contributed by atoms with Crippen LogP contribution in [0, 0.1) is 0 Å². The summed E-state index contributed by atoms with van der Waals surface area (Å²) in [6, 6.07) is 4.14. The van der Waals surface area contributed by atoms with E-state index >= 15 is 0 Å². The average Bonchev–Trinajstić information content (AvgIpc) is 3.27. The highest BCUT2D eigenvalue weighted by molar-refractivity contribution is 8.18. The first-order valence-corrected chi connectivity index (χ1v) is 10.1. The summed E-state index contributed by atoms with van der Waals surface area (Å²) in [7, 11) is 3.17. The number of benzene rings is 1. The molecule has 0 saturated carbocycles. The number of carbonyl (C=O) groups is 2. The Kier molecular flexibility index (Phi) is 8.63. The summed E-state index contributed by atoms with van der Waals surface area (Å²) in [6.07, 6.45) is 3.70. The molecule has 2 aliphatic rings. The topological polar surface area (TPSA) is 106 Å². The van der Waals surface area contributed by atoms with Crippen molar-refractivity contribution in [1.82, 2.24) is 10.6 Å². The van der Waals surface area contributed by atoms with Crippen LogP contribution in [0.1, 0.15) is 18.4 Å². The maximum absolute atomic E-state index is 12.0. The molecule has 1 atom stereocenters. The van der Waals surface area contributed by atoms with Gasteiger partial charge in [0, 0.05) is 36.4 Å². The Bertz CT molecular complexity index is 790. The Morgan fingerprint density at radius 3 is 2.66 bits per heavy atom. The van der Waals surface area contributed by atoms with Crippen LogP contribution in [-0.4, -0.2) is 57.6 Å².